The van der Waals surface area contributed by atoms with E-state index in [0.717, 1.165) is 30.4 Å². The van der Waals surface area contributed by atoms with Crippen LogP contribution in [0.25, 0.3) is 0 Å². The molecule has 1 aliphatic carbocycles. The number of amides is 1. The Labute approximate surface area is 150 Å². The van der Waals surface area contributed by atoms with Gasteiger partial charge in [0.15, 0.2) is 0 Å². The molecule has 1 aromatic rings. The Morgan fingerprint density at radius 2 is 1.76 bits per heavy atom. The third-order valence-corrected chi connectivity index (χ3v) is 7.18. The summed E-state index contributed by atoms with van der Waals surface area (Å²) in [7, 11) is -3.49. The van der Waals surface area contributed by atoms with E-state index in [1.54, 1.807) is 12.1 Å². The maximum Gasteiger partial charge on any atom is 0.243 e. The smallest absolute Gasteiger partial charge is 0.243 e. The summed E-state index contributed by atoms with van der Waals surface area (Å²) in [5.74, 6) is 0.237. The molecule has 1 heterocycles. The summed E-state index contributed by atoms with van der Waals surface area (Å²) in [6.45, 7) is 5.57. The summed E-state index contributed by atoms with van der Waals surface area (Å²) < 4.78 is 27.2. The summed E-state index contributed by atoms with van der Waals surface area (Å²) in [5, 5.41) is 0. The third-order valence-electron chi connectivity index (χ3n) is 5.28. The van der Waals surface area contributed by atoms with Gasteiger partial charge < -0.3 is 4.90 Å². The average Bonchev–Trinajstić information content (AvgIpc) is 2.64. The van der Waals surface area contributed by atoms with Crippen LogP contribution in [-0.2, 0) is 14.8 Å². The Balaban J connectivity index is 1.65. The van der Waals surface area contributed by atoms with Gasteiger partial charge in [-0.15, -0.1) is 0 Å². The fourth-order valence-electron chi connectivity index (χ4n) is 3.45. The lowest BCUT2D eigenvalue weighted by Crippen LogP contribution is -2.51. The zero-order valence-electron chi connectivity index (χ0n) is 14.9. The summed E-state index contributed by atoms with van der Waals surface area (Å²) in [5.41, 5.74) is 2.05. The molecule has 1 aromatic carbocycles. The summed E-state index contributed by atoms with van der Waals surface area (Å²) in [6.07, 6.45) is 6.86. The van der Waals surface area contributed by atoms with E-state index in [2.05, 4.69) is 12.2 Å². The van der Waals surface area contributed by atoms with Crippen LogP contribution in [0.2, 0.25) is 0 Å². The molecule has 0 aromatic heterocycles. The second-order valence-electron chi connectivity index (χ2n) is 6.96. The summed E-state index contributed by atoms with van der Waals surface area (Å²) in [6, 6.07) is 5.25. The minimum Gasteiger partial charge on any atom is -0.340 e. The lowest BCUT2D eigenvalue weighted by molar-refractivity contribution is -0.137. The highest BCUT2D eigenvalue weighted by atomic mass is 32.2. The van der Waals surface area contributed by atoms with Crippen LogP contribution in [0.1, 0.15) is 30.4 Å². The number of nitrogens with zero attached hydrogens (tertiary/aromatic N) is 2. The maximum atomic E-state index is 12.8. The van der Waals surface area contributed by atoms with Gasteiger partial charge in [0.25, 0.3) is 0 Å². The van der Waals surface area contributed by atoms with Crippen LogP contribution in [-0.4, -0.2) is 49.7 Å². The zero-order valence-corrected chi connectivity index (χ0v) is 15.8. The predicted octanol–water partition coefficient (Wildman–Crippen LogP) is 2.49. The molecule has 0 saturated carbocycles. The average molecular weight is 362 g/mol. The first-order chi connectivity index (χ1) is 11.9. The van der Waals surface area contributed by atoms with Gasteiger partial charge in [-0.1, -0.05) is 18.2 Å². The Morgan fingerprint density at radius 1 is 1.04 bits per heavy atom. The molecular formula is C19H26N2O3S. The second kappa shape index (κ2) is 7.30. The highest BCUT2D eigenvalue weighted by Gasteiger charge is 2.32. The summed E-state index contributed by atoms with van der Waals surface area (Å²) in [4.78, 5) is 14.8. The summed E-state index contributed by atoms with van der Waals surface area (Å²) >= 11 is 0. The van der Waals surface area contributed by atoms with E-state index in [-0.39, 0.29) is 11.8 Å². The van der Waals surface area contributed by atoms with Gasteiger partial charge in [-0.05, 0) is 56.4 Å². The molecule has 1 saturated heterocycles. The van der Waals surface area contributed by atoms with E-state index in [0.29, 0.717) is 31.1 Å². The van der Waals surface area contributed by atoms with Crippen LogP contribution in [0.15, 0.2) is 35.2 Å². The first-order valence-corrected chi connectivity index (χ1v) is 10.3. The number of allylic oxidation sites excluding steroid dienone is 2. The van der Waals surface area contributed by atoms with Crippen molar-refractivity contribution in [2.75, 3.05) is 26.2 Å². The molecule has 0 radical (unpaired) electrons. The van der Waals surface area contributed by atoms with Gasteiger partial charge in [0, 0.05) is 32.1 Å². The Hall–Kier alpha value is -1.66. The van der Waals surface area contributed by atoms with Crippen LogP contribution in [0.5, 0.6) is 0 Å². The molecule has 5 nitrogen and oxygen atoms in total. The van der Waals surface area contributed by atoms with Gasteiger partial charge in [0.05, 0.1) is 4.90 Å². The maximum absolute atomic E-state index is 12.8. The number of hydrogen-bond acceptors (Lipinski definition) is 3. The molecule has 136 valence electrons. The van der Waals surface area contributed by atoms with Gasteiger partial charge >= 0.3 is 0 Å². The number of carbonyl (C=O) groups excluding carboxylic acids is 1. The van der Waals surface area contributed by atoms with Crippen LogP contribution < -0.4 is 0 Å². The van der Waals surface area contributed by atoms with E-state index in [1.165, 1.54) is 4.31 Å². The number of rotatable bonds is 3. The minimum absolute atomic E-state index is 0.0629. The highest BCUT2D eigenvalue weighted by Crippen LogP contribution is 2.23. The second-order valence-corrected chi connectivity index (χ2v) is 8.89. The van der Waals surface area contributed by atoms with Crippen molar-refractivity contribution < 1.29 is 13.2 Å². The fourth-order valence-corrected chi connectivity index (χ4v) is 4.96. The lowest BCUT2D eigenvalue weighted by Gasteiger charge is -2.36. The standard InChI is InChI=1S/C19H26N2O3S/c1-15-8-9-18(14-16(15)2)25(23,24)21-12-10-20(11-13-21)19(22)17-6-4-3-5-7-17/h3-4,8-9,14,17H,5-7,10-13H2,1-2H3. The van der Waals surface area contributed by atoms with Crippen molar-refractivity contribution in [2.45, 2.75) is 38.0 Å². The van der Waals surface area contributed by atoms with Gasteiger partial charge in [-0.25, -0.2) is 8.42 Å². The highest BCUT2D eigenvalue weighted by molar-refractivity contribution is 7.89. The Morgan fingerprint density at radius 3 is 2.36 bits per heavy atom. The van der Waals surface area contributed by atoms with Gasteiger partial charge in [0.1, 0.15) is 0 Å². The molecule has 1 fully saturated rings. The number of carbonyl (C=O) groups is 1. The van der Waals surface area contributed by atoms with Crippen LogP contribution in [0.3, 0.4) is 0 Å². The van der Waals surface area contributed by atoms with Crippen molar-refractivity contribution in [1.29, 1.82) is 0 Å². The Kier molecular flexibility index (Phi) is 5.29. The van der Waals surface area contributed by atoms with Crippen molar-refractivity contribution in [1.82, 2.24) is 9.21 Å². The largest absolute Gasteiger partial charge is 0.340 e. The first-order valence-electron chi connectivity index (χ1n) is 8.91. The van der Waals surface area contributed by atoms with Crippen molar-refractivity contribution in [3.05, 3.63) is 41.5 Å². The van der Waals surface area contributed by atoms with Crippen molar-refractivity contribution in [3.63, 3.8) is 0 Å². The molecule has 25 heavy (non-hydrogen) atoms. The number of sulfonamides is 1. The van der Waals surface area contributed by atoms with Crippen LogP contribution in [0, 0.1) is 19.8 Å². The quantitative estimate of drug-likeness (QED) is 0.776. The SMILES string of the molecule is Cc1ccc(S(=O)(=O)N2CCN(C(=O)C3CC=CCC3)CC2)cc1C. The third kappa shape index (κ3) is 3.80. The number of piperazine rings is 1. The monoisotopic (exact) mass is 362 g/mol. The molecule has 0 N–H and O–H groups in total. The van der Waals surface area contributed by atoms with E-state index >= 15 is 0 Å². The van der Waals surface area contributed by atoms with Crippen molar-refractivity contribution in [2.24, 2.45) is 5.92 Å². The minimum atomic E-state index is -3.49. The lowest BCUT2D eigenvalue weighted by atomic mass is 9.93. The van der Waals surface area contributed by atoms with E-state index in [4.69, 9.17) is 0 Å². The van der Waals surface area contributed by atoms with E-state index in [9.17, 15) is 13.2 Å². The molecule has 2 aliphatic rings. The Bertz CT molecular complexity index is 778. The number of benzene rings is 1. The number of hydrogen-bond donors (Lipinski definition) is 0. The van der Waals surface area contributed by atoms with Gasteiger partial charge in [0.2, 0.25) is 15.9 Å². The predicted molar refractivity (Wildman–Crippen MR) is 97.7 cm³/mol. The molecule has 1 unspecified atom stereocenters. The van der Waals surface area contributed by atoms with Crippen LogP contribution in [0.4, 0.5) is 0 Å². The molecular weight excluding hydrogens is 336 g/mol. The zero-order chi connectivity index (χ0) is 18.0. The molecule has 6 heteroatoms. The van der Waals surface area contributed by atoms with Gasteiger partial charge in [-0.2, -0.15) is 4.31 Å². The van der Waals surface area contributed by atoms with Crippen molar-refractivity contribution in [3.8, 4) is 0 Å². The van der Waals surface area contributed by atoms with Crippen molar-refractivity contribution >= 4 is 15.9 Å². The van der Waals surface area contributed by atoms with Crippen LogP contribution >= 0.6 is 0 Å². The topological polar surface area (TPSA) is 57.7 Å². The van der Waals surface area contributed by atoms with E-state index < -0.39 is 10.0 Å². The normalized spacial score (nSPS) is 22.2. The number of aryl methyl sites for hydroxylation is 2. The van der Waals surface area contributed by atoms with E-state index in [1.807, 2.05) is 24.8 Å². The molecule has 1 aliphatic heterocycles. The molecule has 0 spiro atoms. The molecule has 1 atom stereocenters. The van der Waals surface area contributed by atoms with Gasteiger partial charge in [-0.3, -0.25) is 4.79 Å². The first kappa shape index (κ1) is 18.1. The molecule has 0 bridgehead atoms. The molecule has 1 amide bonds. The molecule has 3 rings (SSSR count). The fraction of sp³-hybridized carbons (Fsp3) is 0.526.